The highest BCUT2D eigenvalue weighted by atomic mass is 32.2. The van der Waals surface area contributed by atoms with Crippen molar-refractivity contribution in [2.45, 2.75) is 17.5 Å². The lowest BCUT2D eigenvalue weighted by molar-refractivity contribution is -0.0507. The molecule has 0 amide bonds. The van der Waals surface area contributed by atoms with Gasteiger partial charge in [0, 0.05) is 11.1 Å². The second kappa shape index (κ2) is 9.58. The van der Waals surface area contributed by atoms with Crippen molar-refractivity contribution in [2.75, 3.05) is 14.1 Å². The SMILES string of the molecule is CN(C)C(O)(c1ccccc1)c1ccccc1.Cc1ccc(S(=O)O)cc1. The molecule has 27 heavy (non-hydrogen) atoms. The zero-order valence-electron chi connectivity index (χ0n) is 15.7. The minimum absolute atomic E-state index is 0.450. The van der Waals surface area contributed by atoms with Crippen molar-refractivity contribution in [3.8, 4) is 0 Å². The van der Waals surface area contributed by atoms with E-state index in [2.05, 4.69) is 0 Å². The Labute approximate surface area is 163 Å². The normalized spacial score (nSPS) is 12.2. The van der Waals surface area contributed by atoms with Crippen molar-refractivity contribution in [1.82, 2.24) is 4.90 Å². The molecule has 5 heteroatoms. The van der Waals surface area contributed by atoms with Crippen molar-refractivity contribution < 1.29 is 13.9 Å². The largest absolute Gasteiger partial charge is 0.367 e. The van der Waals surface area contributed by atoms with E-state index >= 15 is 0 Å². The van der Waals surface area contributed by atoms with E-state index < -0.39 is 16.8 Å². The maximum absolute atomic E-state index is 11.0. The lowest BCUT2D eigenvalue weighted by Gasteiger charge is -2.35. The van der Waals surface area contributed by atoms with Crippen molar-refractivity contribution in [3.63, 3.8) is 0 Å². The Kier molecular flexibility index (Phi) is 7.45. The molecule has 0 radical (unpaired) electrons. The van der Waals surface area contributed by atoms with Crippen molar-refractivity contribution in [2.24, 2.45) is 0 Å². The van der Waals surface area contributed by atoms with E-state index in [0.717, 1.165) is 16.7 Å². The molecule has 1 unspecified atom stereocenters. The third-order valence-electron chi connectivity index (χ3n) is 4.22. The fourth-order valence-corrected chi connectivity index (χ4v) is 3.05. The lowest BCUT2D eigenvalue weighted by Crippen LogP contribution is -2.42. The molecule has 0 bridgehead atoms. The molecule has 4 nitrogen and oxygen atoms in total. The first-order valence-corrected chi connectivity index (χ1v) is 9.64. The fourth-order valence-electron chi connectivity index (χ4n) is 2.68. The molecule has 3 rings (SSSR count). The van der Waals surface area contributed by atoms with Crippen LogP contribution in [0.25, 0.3) is 0 Å². The lowest BCUT2D eigenvalue weighted by atomic mass is 9.93. The Morgan fingerprint density at radius 3 is 1.52 bits per heavy atom. The number of benzene rings is 3. The van der Waals surface area contributed by atoms with Gasteiger partial charge < -0.3 is 9.66 Å². The Hall–Kier alpha value is -2.31. The van der Waals surface area contributed by atoms with Crippen LogP contribution in [-0.2, 0) is 16.8 Å². The molecule has 2 N–H and O–H groups in total. The standard InChI is InChI=1S/C15H17NO.C7H8O2S/c1-16(2)15(17,13-9-5-3-6-10-13)14-11-7-4-8-12-14;1-6-2-4-7(5-3-6)10(8)9/h3-12,17H,1-2H3;2-5H,1H3,(H,8,9). The highest BCUT2D eigenvalue weighted by Crippen LogP contribution is 2.31. The second-order valence-electron chi connectivity index (χ2n) is 6.36. The molecular weight excluding hydrogens is 358 g/mol. The number of aliphatic hydroxyl groups is 1. The Morgan fingerprint density at radius 1 is 0.778 bits per heavy atom. The van der Waals surface area contributed by atoms with Crippen molar-refractivity contribution >= 4 is 11.1 Å². The first kappa shape index (κ1) is 21.0. The van der Waals surface area contributed by atoms with Crippen LogP contribution in [0.4, 0.5) is 0 Å². The van der Waals surface area contributed by atoms with Gasteiger partial charge >= 0.3 is 0 Å². The zero-order chi connectivity index (χ0) is 19.9. The highest BCUT2D eigenvalue weighted by Gasteiger charge is 2.33. The molecule has 142 valence electrons. The summed E-state index contributed by atoms with van der Waals surface area (Å²) < 4.78 is 19.0. The summed E-state index contributed by atoms with van der Waals surface area (Å²) >= 11 is -1.84. The summed E-state index contributed by atoms with van der Waals surface area (Å²) in [6.45, 7) is 1.93. The number of hydrogen-bond acceptors (Lipinski definition) is 3. The quantitative estimate of drug-likeness (QED) is 0.528. The maximum atomic E-state index is 11.0. The molecule has 3 aromatic rings. The second-order valence-corrected chi connectivity index (χ2v) is 7.33. The number of hydrogen-bond donors (Lipinski definition) is 2. The summed E-state index contributed by atoms with van der Waals surface area (Å²) in [6.07, 6.45) is 0. The van der Waals surface area contributed by atoms with Gasteiger partial charge in [-0.3, -0.25) is 4.90 Å². The molecule has 0 saturated carbocycles. The van der Waals surface area contributed by atoms with Crippen LogP contribution in [0.2, 0.25) is 0 Å². The van der Waals surface area contributed by atoms with Crippen molar-refractivity contribution in [1.29, 1.82) is 0 Å². The average molecular weight is 384 g/mol. The molecule has 3 aromatic carbocycles. The van der Waals surface area contributed by atoms with Gasteiger partial charge in [0.15, 0.2) is 16.8 Å². The first-order valence-electron chi connectivity index (χ1n) is 8.54. The summed E-state index contributed by atoms with van der Waals surface area (Å²) in [5.74, 6) is 0. The maximum Gasteiger partial charge on any atom is 0.186 e. The Balaban J connectivity index is 0.000000223. The van der Waals surface area contributed by atoms with E-state index in [1.165, 1.54) is 0 Å². The fraction of sp³-hybridized carbons (Fsp3) is 0.182. The molecule has 0 spiro atoms. The van der Waals surface area contributed by atoms with Crippen molar-refractivity contribution in [3.05, 3.63) is 102 Å². The van der Waals surface area contributed by atoms with Gasteiger partial charge in [-0.25, -0.2) is 4.21 Å². The van der Waals surface area contributed by atoms with E-state index in [1.807, 2.05) is 98.7 Å². The number of rotatable bonds is 4. The molecule has 0 heterocycles. The Morgan fingerprint density at radius 2 is 1.19 bits per heavy atom. The molecular formula is C22H25NO3S. The summed E-state index contributed by atoms with van der Waals surface area (Å²) in [5, 5.41) is 11.0. The predicted molar refractivity (Wildman–Crippen MR) is 110 cm³/mol. The van der Waals surface area contributed by atoms with Gasteiger partial charge in [-0.2, -0.15) is 0 Å². The average Bonchev–Trinajstić information content (AvgIpc) is 2.69. The van der Waals surface area contributed by atoms with Crippen LogP contribution < -0.4 is 0 Å². The third-order valence-corrected chi connectivity index (χ3v) is 4.90. The van der Waals surface area contributed by atoms with E-state index in [-0.39, 0.29) is 0 Å². The first-order chi connectivity index (χ1) is 12.9. The van der Waals surface area contributed by atoms with Crippen LogP contribution in [0.15, 0.2) is 89.8 Å². The molecule has 1 atom stereocenters. The third kappa shape index (κ3) is 5.34. The van der Waals surface area contributed by atoms with Crippen LogP contribution in [-0.4, -0.2) is 32.9 Å². The molecule has 0 aliphatic carbocycles. The topological polar surface area (TPSA) is 60.8 Å². The van der Waals surface area contributed by atoms with Gasteiger partial charge in [-0.05, 0) is 33.2 Å². The summed E-state index contributed by atoms with van der Waals surface area (Å²) in [5.41, 5.74) is 1.75. The summed E-state index contributed by atoms with van der Waals surface area (Å²) in [7, 11) is 3.75. The Bertz CT molecular complexity index is 810. The molecule has 0 aliphatic heterocycles. The molecule has 0 aliphatic rings. The number of aryl methyl sites for hydroxylation is 1. The van der Waals surface area contributed by atoms with Crippen LogP contribution in [0.5, 0.6) is 0 Å². The van der Waals surface area contributed by atoms with Gasteiger partial charge in [-0.15, -0.1) is 0 Å². The van der Waals surface area contributed by atoms with Crippen LogP contribution in [0.3, 0.4) is 0 Å². The van der Waals surface area contributed by atoms with Crippen LogP contribution in [0.1, 0.15) is 16.7 Å². The van der Waals surface area contributed by atoms with Gasteiger partial charge in [0.1, 0.15) is 0 Å². The van der Waals surface area contributed by atoms with E-state index in [9.17, 15) is 9.32 Å². The van der Waals surface area contributed by atoms with Gasteiger partial charge in [-0.1, -0.05) is 78.4 Å². The van der Waals surface area contributed by atoms with E-state index in [4.69, 9.17) is 4.55 Å². The molecule has 0 fully saturated rings. The highest BCUT2D eigenvalue weighted by molar-refractivity contribution is 7.79. The van der Waals surface area contributed by atoms with E-state index in [0.29, 0.717) is 4.90 Å². The zero-order valence-corrected chi connectivity index (χ0v) is 16.6. The number of nitrogens with zero attached hydrogens (tertiary/aromatic N) is 1. The minimum Gasteiger partial charge on any atom is -0.367 e. The van der Waals surface area contributed by atoms with Crippen LogP contribution >= 0.6 is 0 Å². The minimum atomic E-state index is -1.84. The van der Waals surface area contributed by atoms with Gasteiger partial charge in [0.2, 0.25) is 0 Å². The monoisotopic (exact) mass is 383 g/mol. The predicted octanol–water partition coefficient (Wildman–Crippen LogP) is 4.02. The molecule has 0 saturated heterocycles. The van der Waals surface area contributed by atoms with E-state index in [1.54, 1.807) is 12.1 Å². The van der Waals surface area contributed by atoms with Gasteiger partial charge in [0.05, 0.1) is 4.90 Å². The summed E-state index contributed by atoms with van der Waals surface area (Å²) in [6, 6.07) is 26.3. The van der Waals surface area contributed by atoms with Gasteiger partial charge in [0.25, 0.3) is 0 Å². The summed E-state index contributed by atoms with van der Waals surface area (Å²) in [4.78, 5) is 2.27. The van der Waals surface area contributed by atoms with Crippen LogP contribution in [0, 0.1) is 6.92 Å². The molecule has 0 aromatic heterocycles. The smallest absolute Gasteiger partial charge is 0.186 e.